The summed E-state index contributed by atoms with van der Waals surface area (Å²) in [6.45, 7) is 18.4. The molecule has 0 rings (SSSR count). The van der Waals surface area contributed by atoms with Crippen LogP contribution in [0.4, 0.5) is 0 Å². The van der Waals surface area contributed by atoms with Crippen LogP contribution in [0.15, 0.2) is 62.8 Å². The monoisotopic (exact) mass is 249 g/mol. The Balaban J connectivity index is 0. The molecule has 0 aliphatic heterocycles. The van der Waals surface area contributed by atoms with E-state index in [-0.39, 0.29) is 6.15 Å². The lowest BCUT2D eigenvalue weighted by Crippen LogP contribution is -2.35. The van der Waals surface area contributed by atoms with E-state index in [2.05, 4.69) is 32.9 Å². The summed E-state index contributed by atoms with van der Waals surface area (Å²) < 4.78 is 5.44. The number of carbonyl (C=O) groups is 1. The van der Waals surface area contributed by atoms with E-state index in [0.717, 1.165) is 11.6 Å². The Morgan fingerprint density at radius 1 is 1.06 bits per heavy atom. The molecule has 0 aliphatic carbocycles. The Morgan fingerprint density at radius 2 is 1.56 bits per heavy atom. The van der Waals surface area contributed by atoms with Crippen LogP contribution in [0.2, 0.25) is 0 Å². The fourth-order valence-electron chi connectivity index (χ4n) is 1.59. The zero-order chi connectivity index (χ0) is 13.3. The number of carbonyl (C=O) groups excluding carboxylic acids is 1. The van der Waals surface area contributed by atoms with Crippen molar-refractivity contribution in [3.63, 3.8) is 0 Å². The molecule has 0 bridgehead atoms. The Hall–Kier alpha value is -1.87. The lowest BCUT2D eigenvalue weighted by Gasteiger charge is -2.33. The lowest BCUT2D eigenvalue weighted by molar-refractivity contribution is -0.149. The third kappa shape index (κ3) is 4.97. The molecule has 0 heterocycles. The summed E-state index contributed by atoms with van der Waals surface area (Å²) in [5.74, 6) is -0.473. The molecule has 0 spiro atoms. The van der Waals surface area contributed by atoms with Gasteiger partial charge >= 0.3 is 5.97 Å². The number of hydrogen-bond acceptors (Lipinski definition) is 3. The van der Waals surface area contributed by atoms with Crippen LogP contribution in [0.3, 0.4) is 0 Å². The van der Waals surface area contributed by atoms with Crippen molar-refractivity contribution < 1.29 is 9.53 Å². The van der Waals surface area contributed by atoms with Gasteiger partial charge in [0.1, 0.15) is 5.60 Å². The summed E-state index contributed by atoms with van der Waals surface area (Å²) in [6, 6.07) is 0. The highest BCUT2D eigenvalue weighted by molar-refractivity contribution is 5.81. The molecule has 0 saturated heterocycles. The predicted molar refractivity (Wildman–Crippen MR) is 77.6 cm³/mol. The predicted octanol–water partition coefficient (Wildman–Crippen LogP) is 3.90. The first-order valence-corrected chi connectivity index (χ1v) is 5.42. The minimum atomic E-state index is -0.789. The maximum Gasteiger partial charge on any atom is 0.331 e. The molecular formula is C15H23NO2. The zero-order valence-electron chi connectivity index (χ0n) is 11.0. The number of esters is 1. The highest BCUT2D eigenvalue weighted by Crippen LogP contribution is 2.32. The molecule has 18 heavy (non-hydrogen) atoms. The maximum atomic E-state index is 11.4. The van der Waals surface area contributed by atoms with Gasteiger partial charge in [0.15, 0.2) is 0 Å². The van der Waals surface area contributed by atoms with Gasteiger partial charge < -0.3 is 10.9 Å². The van der Waals surface area contributed by atoms with E-state index >= 15 is 0 Å². The normalized spacial score (nSPS) is 9.56. The average Bonchev–Trinajstić information content (AvgIpc) is 2.29. The Labute approximate surface area is 110 Å². The van der Waals surface area contributed by atoms with E-state index in [9.17, 15) is 4.79 Å². The fourth-order valence-corrected chi connectivity index (χ4v) is 1.59. The van der Waals surface area contributed by atoms with Crippen molar-refractivity contribution in [2.24, 2.45) is 0 Å². The highest BCUT2D eigenvalue weighted by Gasteiger charge is 2.33. The third-order valence-corrected chi connectivity index (χ3v) is 2.45. The Morgan fingerprint density at radius 3 is 1.89 bits per heavy atom. The molecule has 0 aliphatic rings. The van der Waals surface area contributed by atoms with E-state index in [1.807, 2.05) is 0 Å². The summed E-state index contributed by atoms with van der Waals surface area (Å²) in [6.07, 6.45) is 7.83. The van der Waals surface area contributed by atoms with Gasteiger partial charge in [-0.25, -0.2) is 4.79 Å². The molecule has 100 valence electrons. The first kappa shape index (κ1) is 18.5. The van der Waals surface area contributed by atoms with Crippen LogP contribution < -0.4 is 6.15 Å². The zero-order valence-corrected chi connectivity index (χ0v) is 11.0. The second-order valence-electron chi connectivity index (χ2n) is 3.70. The Kier molecular flexibility index (Phi) is 9.44. The maximum absolute atomic E-state index is 11.4. The summed E-state index contributed by atoms with van der Waals surface area (Å²) in [5, 5.41) is 0. The van der Waals surface area contributed by atoms with Crippen LogP contribution in [0.1, 0.15) is 19.3 Å². The molecule has 0 amide bonds. The Bertz CT molecular complexity index is 332. The lowest BCUT2D eigenvalue weighted by atomic mass is 9.85. The van der Waals surface area contributed by atoms with Crippen molar-refractivity contribution in [2.75, 3.05) is 0 Å². The van der Waals surface area contributed by atoms with Crippen molar-refractivity contribution in [1.29, 1.82) is 0 Å². The van der Waals surface area contributed by atoms with Crippen LogP contribution >= 0.6 is 0 Å². The molecule has 0 unspecified atom stereocenters. The summed E-state index contributed by atoms with van der Waals surface area (Å²) in [7, 11) is 0. The highest BCUT2D eigenvalue weighted by atomic mass is 16.6. The van der Waals surface area contributed by atoms with Crippen molar-refractivity contribution in [2.45, 2.75) is 24.9 Å². The van der Waals surface area contributed by atoms with Gasteiger partial charge in [-0.05, 0) is 12.0 Å². The van der Waals surface area contributed by atoms with E-state index in [1.165, 1.54) is 0 Å². The van der Waals surface area contributed by atoms with Crippen LogP contribution in [-0.4, -0.2) is 11.6 Å². The van der Waals surface area contributed by atoms with Gasteiger partial charge in [-0.15, -0.1) is 19.7 Å². The molecule has 0 radical (unpaired) electrons. The second-order valence-corrected chi connectivity index (χ2v) is 3.70. The first-order chi connectivity index (χ1) is 8.06. The molecule has 3 nitrogen and oxygen atoms in total. The molecule has 3 heteroatoms. The van der Waals surface area contributed by atoms with Gasteiger partial charge in [-0.1, -0.05) is 31.4 Å². The van der Waals surface area contributed by atoms with E-state index < -0.39 is 11.6 Å². The van der Waals surface area contributed by atoms with Crippen LogP contribution in [0.5, 0.6) is 0 Å². The minimum absolute atomic E-state index is 0. The van der Waals surface area contributed by atoms with Gasteiger partial charge in [0.05, 0.1) is 0 Å². The first-order valence-electron chi connectivity index (χ1n) is 5.42. The molecule has 0 saturated carbocycles. The fraction of sp³-hybridized carbons (Fsp3) is 0.267. The summed E-state index contributed by atoms with van der Waals surface area (Å²) in [4.78, 5) is 11.4. The van der Waals surface area contributed by atoms with Crippen molar-refractivity contribution >= 4 is 5.97 Å². The standard InChI is InChI=1S/C15H20O2.H3N/c1-6-10-13(5)15(11-7-2,12-8-3)17-14(16)9-4;/h6-9H,1-5,10-12H2;1H3. The van der Waals surface area contributed by atoms with Crippen LogP contribution in [-0.2, 0) is 9.53 Å². The molecule has 0 aromatic carbocycles. The second kappa shape index (κ2) is 9.19. The van der Waals surface area contributed by atoms with Crippen molar-refractivity contribution in [3.8, 4) is 0 Å². The van der Waals surface area contributed by atoms with E-state index in [0.29, 0.717) is 19.3 Å². The van der Waals surface area contributed by atoms with E-state index in [1.54, 1.807) is 18.2 Å². The van der Waals surface area contributed by atoms with Gasteiger partial charge in [0.2, 0.25) is 0 Å². The number of allylic oxidation sites excluding steroid dienone is 1. The quantitative estimate of drug-likeness (QED) is 0.383. The van der Waals surface area contributed by atoms with Gasteiger partial charge in [-0.3, -0.25) is 0 Å². The largest absolute Gasteiger partial charge is 0.451 e. The van der Waals surface area contributed by atoms with Gasteiger partial charge in [-0.2, -0.15) is 0 Å². The van der Waals surface area contributed by atoms with Crippen LogP contribution in [0, 0.1) is 0 Å². The average molecular weight is 249 g/mol. The van der Waals surface area contributed by atoms with Crippen molar-refractivity contribution in [1.82, 2.24) is 6.15 Å². The number of ether oxygens (including phenoxy) is 1. The molecule has 3 N–H and O–H groups in total. The smallest absolute Gasteiger partial charge is 0.331 e. The summed E-state index contributed by atoms with van der Waals surface area (Å²) in [5.41, 5.74) is -0.00863. The topological polar surface area (TPSA) is 61.3 Å². The molecular weight excluding hydrogens is 226 g/mol. The SMILES string of the molecule is C=CCC(=C)C(CC=C)(CC=C)OC(=O)C=C.N. The van der Waals surface area contributed by atoms with E-state index in [4.69, 9.17) is 4.74 Å². The number of rotatable bonds is 9. The summed E-state index contributed by atoms with van der Waals surface area (Å²) >= 11 is 0. The molecule has 0 fully saturated rings. The third-order valence-electron chi connectivity index (χ3n) is 2.45. The number of hydrogen-bond donors (Lipinski definition) is 1. The molecule has 0 aromatic heterocycles. The van der Waals surface area contributed by atoms with Gasteiger partial charge in [0.25, 0.3) is 0 Å². The van der Waals surface area contributed by atoms with Crippen LogP contribution in [0.25, 0.3) is 0 Å². The van der Waals surface area contributed by atoms with Crippen molar-refractivity contribution in [3.05, 3.63) is 62.8 Å². The molecule has 0 atom stereocenters. The van der Waals surface area contributed by atoms with Gasteiger partial charge in [0, 0.05) is 18.9 Å². The molecule has 0 aromatic rings. The minimum Gasteiger partial charge on any atom is -0.451 e.